The molecular formula is C27H22FN5O4S. The van der Waals surface area contributed by atoms with Crippen LogP contribution in [0, 0.1) is 5.82 Å². The molecule has 192 valence electrons. The highest BCUT2D eigenvalue weighted by molar-refractivity contribution is 7.22. The molecule has 11 heteroatoms. The van der Waals surface area contributed by atoms with Crippen molar-refractivity contribution in [1.82, 2.24) is 14.5 Å². The summed E-state index contributed by atoms with van der Waals surface area (Å²) in [6, 6.07) is 14.4. The Labute approximate surface area is 220 Å². The predicted molar refractivity (Wildman–Crippen MR) is 142 cm³/mol. The molecule has 5 aromatic rings. The van der Waals surface area contributed by atoms with Crippen LogP contribution in [0.4, 0.5) is 15.8 Å². The second-order valence-electron chi connectivity index (χ2n) is 8.28. The third kappa shape index (κ3) is 4.78. The van der Waals surface area contributed by atoms with Gasteiger partial charge in [-0.3, -0.25) is 19.5 Å². The van der Waals surface area contributed by atoms with E-state index in [2.05, 4.69) is 9.97 Å². The summed E-state index contributed by atoms with van der Waals surface area (Å²) in [7, 11) is 3.35. The average molecular weight is 532 g/mol. The number of thiophene rings is 1. The molecule has 0 unspecified atom stereocenters. The lowest BCUT2D eigenvalue weighted by Gasteiger charge is -2.24. The van der Waals surface area contributed by atoms with E-state index in [1.54, 1.807) is 49.1 Å². The van der Waals surface area contributed by atoms with Crippen LogP contribution in [0.5, 0.6) is 17.2 Å². The Kier molecular flexibility index (Phi) is 6.75. The molecular weight excluding hydrogens is 509 g/mol. The van der Waals surface area contributed by atoms with E-state index in [-0.39, 0.29) is 11.4 Å². The number of pyridine rings is 1. The number of methoxy groups -OCH3 is 1. The van der Waals surface area contributed by atoms with Crippen LogP contribution in [0.2, 0.25) is 0 Å². The van der Waals surface area contributed by atoms with Crippen molar-refractivity contribution in [1.29, 1.82) is 0 Å². The van der Waals surface area contributed by atoms with E-state index in [4.69, 9.17) is 15.2 Å². The van der Waals surface area contributed by atoms with E-state index in [1.165, 1.54) is 35.5 Å². The number of carbonyl (C=O) groups excluding carboxylic acids is 2. The van der Waals surface area contributed by atoms with Crippen LogP contribution in [-0.4, -0.2) is 33.5 Å². The average Bonchev–Trinajstić information content (AvgIpc) is 3.52. The van der Waals surface area contributed by atoms with E-state index < -0.39 is 24.1 Å². The standard InChI is InChI=1S/C27H22FN5O4S/c1-32-15-30-14-20(32)24-12-18-27(38-24)23(9-10-31-18)37-21-8-7-16(11-17(21)28)33(26(35)13-25(29)34)19-5-3-4-6-22(19)36-2/h3-12,14-15H,13H2,1-2H3,(H2,29,34). The number of ether oxygens (including phenoxy) is 2. The van der Waals surface area contributed by atoms with E-state index in [1.807, 2.05) is 17.7 Å². The zero-order valence-electron chi connectivity index (χ0n) is 20.4. The lowest BCUT2D eigenvalue weighted by molar-refractivity contribution is -0.125. The number of fused-ring (bicyclic) bond motifs is 1. The molecule has 0 fully saturated rings. The minimum Gasteiger partial charge on any atom is -0.495 e. The number of halogens is 1. The van der Waals surface area contributed by atoms with Gasteiger partial charge in [-0.1, -0.05) is 12.1 Å². The van der Waals surface area contributed by atoms with Gasteiger partial charge in [-0.25, -0.2) is 9.37 Å². The van der Waals surface area contributed by atoms with Crippen molar-refractivity contribution in [2.45, 2.75) is 6.42 Å². The summed E-state index contributed by atoms with van der Waals surface area (Å²) < 4.78 is 29.4. The fourth-order valence-electron chi connectivity index (χ4n) is 4.01. The smallest absolute Gasteiger partial charge is 0.241 e. The third-order valence-corrected chi connectivity index (χ3v) is 6.90. The molecule has 9 nitrogen and oxygen atoms in total. The van der Waals surface area contributed by atoms with Crippen molar-refractivity contribution in [3.8, 4) is 27.8 Å². The first kappa shape index (κ1) is 24.9. The van der Waals surface area contributed by atoms with Crippen LogP contribution >= 0.6 is 11.3 Å². The normalized spacial score (nSPS) is 10.9. The summed E-state index contributed by atoms with van der Waals surface area (Å²) in [5, 5.41) is 0. The molecule has 0 bridgehead atoms. The van der Waals surface area contributed by atoms with E-state index in [9.17, 15) is 9.59 Å². The van der Waals surface area contributed by atoms with Crippen LogP contribution in [-0.2, 0) is 16.6 Å². The molecule has 0 aliphatic heterocycles. The Bertz CT molecular complexity index is 1660. The number of amides is 2. The first-order chi connectivity index (χ1) is 18.4. The van der Waals surface area contributed by atoms with Gasteiger partial charge in [-0.2, -0.15) is 0 Å². The minimum absolute atomic E-state index is 0.0425. The maximum absolute atomic E-state index is 15.4. The number of benzene rings is 2. The predicted octanol–water partition coefficient (Wildman–Crippen LogP) is 5.18. The summed E-state index contributed by atoms with van der Waals surface area (Å²) in [6.07, 6.45) is 4.50. The number of nitrogens with zero attached hydrogens (tertiary/aromatic N) is 4. The second kappa shape index (κ2) is 10.3. The van der Waals surface area contributed by atoms with Gasteiger partial charge in [0.15, 0.2) is 11.6 Å². The number of rotatable bonds is 8. The molecule has 38 heavy (non-hydrogen) atoms. The molecule has 3 heterocycles. The van der Waals surface area contributed by atoms with Crippen LogP contribution in [0.3, 0.4) is 0 Å². The van der Waals surface area contributed by atoms with Crippen molar-refractivity contribution >= 4 is 44.7 Å². The molecule has 2 N–H and O–H groups in total. The topological polar surface area (TPSA) is 113 Å². The minimum atomic E-state index is -0.807. The molecule has 0 saturated carbocycles. The van der Waals surface area contributed by atoms with E-state index >= 15 is 4.39 Å². The molecule has 0 aliphatic rings. The van der Waals surface area contributed by atoms with Gasteiger partial charge >= 0.3 is 0 Å². The number of imidazole rings is 1. The third-order valence-electron chi connectivity index (χ3n) is 5.74. The van der Waals surface area contributed by atoms with Crippen LogP contribution < -0.4 is 20.1 Å². The Morgan fingerprint density at radius 1 is 1.11 bits per heavy atom. The van der Waals surface area contributed by atoms with Crippen molar-refractivity contribution in [2.24, 2.45) is 12.8 Å². The van der Waals surface area contributed by atoms with Crippen molar-refractivity contribution in [3.63, 3.8) is 0 Å². The fourth-order valence-corrected chi connectivity index (χ4v) is 5.12. The Morgan fingerprint density at radius 3 is 2.63 bits per heavy atom. The molecule has 2 aromatic carbocycles. The first-order valence-corrected chi connectivity index (χ1v) is 12.2. The Morgan fingerprint density at radius 2 is 1.92 bits per heavy atom. The summed E-state index contributed by atoms with van der Waals surface area (Å²) in [6.45, 7) is 0. The van der Waals surface area contributed by atoms with Gasteiger partial charge in [0.25, 0.3) is 0 Å². The zero-order chi connectivity index (χ0) is 26.8. The molecule has 3 aromatic heterocycles. The number of primary amides is 1. The zero-order valence-corrected chi connectivity index (χ0v) is 21.2. The second-order valence-corrected chi connectivity index (χ2v) is 9.34. The maximum Gasteiger partial charge on any atom is 0.241 e. The van der Waals surface area contributed by atoms with Crippen molar-refractivity contribution in [3.05, 3.63) is 79.1 Å². The highest BCUT2D eigenvalue weighted by Crippen LogP contribution is 2.41. The number of anilines is 2. The number of aryl methyl sites for hydroxylation is 1. The molecule has 2 amide bonds. The highest BCUT2D eigenvalue weighted by atomic mass is 32.1. The number of nitrogens with two attached hydrogens (primary N) is 1. The van der Waals surface area contributed by atoms with Gasteiger partial charge in [-0.05, 0) is 30.3 Å². The quantitative estimate of drug-likeness (QED) is 0.276. The number of hydrogen-bond acceptors (Lipinski definition) is 7. The number of para-hydroxylation sites is 2. The number of hydrogen-bond donors (Lipinski definition) is 1. The molecule has 0 aliphatic carbocycles. The van der Waals surface area contributed by atoms with Gasteiger partial charge in [0.05, 0.1) is 51.8 Å². The van der Waals surface area contributed by atoms with Gasteiger partial charge in [-0.15, -0.1) is 11.3 Å². The highest BCUT2D eigenvalue weighted by Gasteiger charge is 2.24. The van der Waals surface area contributed by atoms with Crippen LogP contribution in [0.15, 0.2) is 73.3 Å². The summed E-state index contributed by atoms with van der Waals surface area (Å²) >= 11 is 1.46. The van der Waals surface area contributed by atoms with Crippen molar-refractivity contribution in [2.75, 3.05) is 12.0 Å². The Hall–Kier alpha value is -4.77. The summed E-state index contributed by atoms with van der Waals surface area (Å²) in [5.74, 6) is -1.38. The van der Waals surface area contributed by atoms with Gasteiger partial charge < -0.3 is 19.8 Å². The number of carbonyl (C=O) groups is 2. The first-order valence-electron chi connectivity index (χ1n) is 11.4. The lowest BCUT2D eigenvalue weighted by atomic mass is 10.2. The fraction of sp³-hybridized carbons (Fsp3) is 0.111. The van der Waals surface area contributed by atoms with Crippen LogP contribution in [0.25, 0.3) is 20.8 Å². The van der Waals surface area contributed by atoms with Gasteiger partial charge in [0.2, 0.25) is 11.8 Å². The van der Waals surface area contributed by atoms with Gasteiger partial charge in [0, 0.05) is 25.4 Å². The lowest BCUT2D eigenvalue weighted by Crippen LogP contribution is -2.30. The molecule has 5 rings (SSSR count). The molecule has 0 spiro atoms. The molecule has 0 radical (unpaired) electrons. The van der Waals surface area contributed by atoms with E-state index in [0.29, 0.717) is 22.7 Å². The number of aromatic nitrogens is 3. The largest absolute Gasteiger partial charge is 0.495 e. The summed E-state index contributed by atoms with van der Waals surface area (Å²) in [4.78, 5) is 35.2. The maximum atomic E-state index is 15.4. The molecule has 0 saturated heterocycles. The monoisotopic (exact) mass is 531 g/mol. The Balaban J connectivity index is 1.50. The van der Waals surface area contributed by atoms with Crippen LogP contribution in [0.1, 0.15) is 6.42 Å². The molecule has 0 atom stereocenters. The van der Waals surface area contributed by atoms with Crippen molar-refractivity contribution < 1.29 is 23.5 Å². The van der Waals surface area contributed by atoms with E-state index in [0.717, 1.165) is 21.3 Å². The van der Waals surface area contributed by atoms with Gasteiger partial charge in [0.1, 0.15) is 17.9 Å². The SMILES string of the molecule is COc1ccccc1N(C(=O)CC(N)=O)c1ccc(Oc2ccnc3cc(-c4cncn4C)sc23)c(F)c1. The summed E-state index contributed by atoms with van der Waals surface area (Å²) in [5.41, 5.74) is 7.41.